The van der Waals surface area contributed by atoms with Gasteiger partial charge in [0.2, 0.25) is 0 Å². The van der Waals surface area contributed by atoms with Gasteiger partial charge in [-0.2, -0.15) is 0 Å². The molecule has 0 atom stereocenters. The second-order valence-corrected chi connectivity index (χ2v) is 6.61. The Labute approximate surface area is 123 Å². The van der Waals surface area contributed by atoms with Crippen molar-refractivity contribution in [1.82, 2.24) is 14.9 Å². The summed E-state index contributed by atoms with van der Waals surface area (Å²) in [7, 11) is 0. The van der Waals surface area contributed by atoms with Crippen LogP contribution in [0.15, 0.2) is 10.7 Å². The van der Waals surface area contributed by atoms with Crippen molar-refractivity contribution in [2.45, 2.75) is 38.6 Å². The van der Waals surface area contributed by atoms with Crippen LogP contribution in [-0.4, -0.2) is 47.1 Å². The van der Waals surface area contributed by atoms with E-state index in [0.717, 1.165) is 42.4 Å². The lowest BCUT2D eigenvalue weighted by molar-refractivity contribution is 0.209. The number of aromatic nitrogens is 2. The van der Waals surface area contributed by atoms with Crippen molar-refractivity contribution >= 4 is 21.7 Å². The van der Waals surface area contributed by atoms with E-state index in [1.165, 1.54) is 12.8 Å². The topological polar surface area (TPSA) is 32.3 Å². The van der Waals surface area contributed by atoms with Crippen molar-refractivity contribution in [3.63, 3.8) is 0 Å². The number of halogens is 1. The maximum Gasteiger partial charge on any atom is 0.135 e. The standard InChI is InChI=1S/C14H21BrN4/c1-10(2)18-5-7-19(8-6-18)13-9-12(15)16-14(17-13)11-3-4-11/h9-11H,3-8H2,1-2H3. The van der Waals surface area contributed by atoms with Crippen LogP contribution in [0.25, 0.3) is 0 Å². The van der Waals surface area contributed by atoms with Crippen molar-refractivity contribution in [2.24, 2.45) is 0 Å². The zero-order valence-corrected chi connectivity index (χ0v) is 13.2. The molecule has 0 amide bonds. The Morgan fingerprint density at radius 1 is 1.16 bits per heavy atom. The van der Waals surface area contributed by atoms with Gasteiger partial charge in [-0.15, -0.1) is 0 Å². The molecule has 0 bridgehead atoms. The molecule has 19 heavy (non-hydrogen) atoms. The van der Waals surface area contributed by atoms with Gasteiger partial charge in [-0.1, -0.05) is 0 Å². The van der Waals surface area contributed by atoms with Crippen molar-refractivity contribution in [3.8, 4) is 0 Å². The van der Waals surface area contributed by atoms with E-state index in [4.69, 9.17) is 4.98 Å². The summed E-state index contributed by atoms with van der Waals surface area (Å²) in [5, 5.41) is 0. The number of piperazine rings is 1. The van der Waals surface area contributed by atoms with Gasteiger partial charge in [0.1, 0.15) is 16.2 Å². The van der Waals surface area contributed by atoms with E-state index in [9.17, 15) is 0 Å². The summed E-state index contributed by atoms with van der Waals surface area (Å²) in [6.07, 6.45) is 2.49. The first-order chi connectivity index (χ1) is 9.13. The molecule has 2 fully saturated rings. The van der Waals surface area contributed by atoms with Gasteiger partial charge < -0.3 is 4.90 Å². The fourth-order valence-corrected chi connectivity index (χ4v) is 2.96. The molecule has 1 aromatic rings. The molecule has 0 aromatic carbocycles. The Hall–Kier alpha value is -0.680. The average molecular weight is 325 g/mol. The van der Waals surface area contributed by atoms with E-state index in [2.05, 4.69) is 50.6 Å². The summed E-state index contributed by atoms with van der Waals surface area (Å²) < 4.78 is 0.922. The molecule has 1 aliphatic heterocycles. The normalized spacial score (nSPS) is 21.2. The Morgan fingerprint density at radius 3 is 2.42 bits per heavy atom. The summed E-state index contributed by atoms with van der Waals surface area (Å²) in [4.78, 5) is 14.2. The average Bonchev–Trinajstić information content (AvgIpc) is 3.22. The highest BCUT2D eigenvalue weighted by atomic mass is 79.9. The van der Waals surface area contributed by atoms with E-state index in [1.807, 2.05) is 0 Å². The summed E-state index contributed by atoms with van der Waals surface area (Å²) in [5.74, 6) is 2.72. The fraction of sp³-hybridized carbons (Fsp3) is 0.714. The Balaban J connectivity index is 1.72. The van der Waals surface area contributed by atoms with Gasteiger partial charge in [0.15, 0.2) is 0 Å². The highest BCUT2D eigenvalue weighted by Crippen LogP contribution is 2.39. The smallest absolute Gasteiger partial charge is 0.135 e. The fourth-order valence-electron chi connectivity index (χ4n) is 2.58. The molecule has 3 rings (SSSR count). The maximum atomic E-state index is 4.76. The van der Waals surface area contributed by atoms with Crippen molar-refractivity contribution < 1.29 is 0 Å². The molecule has 0 N–H and O–H groups in total. The van der Waals surface area contributed by atoms with Crippen LogP contribution in [0.5, 0.6) is 0 Å². The number of hydrogen-bond donors (Lipinski definition) is 0. The Kier molecular flexibility index (Phi) is 3.76. The molecule has 104 valence electrons. The van der Waals surface area contributed by atoms with Crippen LogP contribution in [0.2, 0.25) is 0 Å². The summed E-state index contributed by atoms with van der Waals surface area (Å²) >= 11 is 3.52. The molecule has 2 heterocycles. The number of hydrogen-bond acceptors (Lipinski definition) is 4. The Bertz CT molecular complexity index is 451. The summed E-state index contributed by atoms with van der Waals surface area (Å²) in [6.45, 7) is 8.90. The van der Waals surface area contributed by atoms with Gasteiger partial charge in [0.25, 0.3) is 0 Å². The molecule has 2 aliphatic rings. The van der Waals surface area contributed by atoms with E-state index in [-0.39, 0.29) is 0 Å². The minimum atomic E-state index is 0.605. The van der Waals surface area contributed by atoms with Gasteiger partial charge in [0, 0.05) is 44.2 Å². The predicted molar refractivity (Wildman–Crippen MR) is 80.6 cm³/mol. The molecule has 1 saturated carbocycles. The number of rotatable bonds is 3. The second kappa shape index (κ2) is 5.37. The number of nitrogens with zero attached hydrogens (tertiary/aromatic N) is 4. The molecular weight excluding hydrogens is 304 g/mol. The second-order valence-electron chi connectivity index (χ2n) is 5.80. The molecule has 1 saturated heterocycles. The molecule has 1 aliphatic carbocycles. The van der Waals surface area contributed by atoms with Crippen LogP contribution >= 0.6 is 15.9 Å². The van der Waals surface area contributed by atoms with E-state index in [1.54, 1.807) is 0 Å². The van der Waals surface area contributed by atoms with Crippen LogP contribution in [0.1, 0.15) is 38.4 Å². The van der Waals surface area contributed by atoms with Crippen molar-refractivity contribution in [1.29, 1.82) is 0 Å². The third-order valence-corrected chi connectivity index (χ3v) is 4.42. The van der Waals surface area contributed by atoms with Crippen LogP contribution in [0, 0.1) is 0 Å². The zero-order valence-electron chi connectivity index (χ0n) is 11.6. The maximum absolute atomic E-state index is 4.76. The SMILES string of the molecule is CC(C)N1CCN(c2cc(Br)nc(C3CC3)n2)CC1. The highest BCUT2D eigenvalue weighted by molar-refractivity contribution is 9.10. The quantitative estimate of drug-likeness (QED) is 0.800. The van der Waals surface area contributed by atoms with Gasteiger partial charge in [-0.3, -0.25) is 4.90 Å². The predicted octanol–water partition coefficient (Wildman–Crippen LogP) is 2.65. The lowest BCUT2D eigenvalue weighted by Gasteiger charge is -2.37. The van der Waals surface area contributed by atoms with E-state index >= 15 is 0 Å². The van der Waals surface area contributed by atoms with Crippen molar-refractivity contribution in [3.05, 3.63) is 16.5 Å². The molecule has 0 spiro atoms. The first-order valence-corrected chi connectivity index (χ1v) is 7.96. The monoisotopic (exact) mass is 324 g/mol. The van der Waals surface area contributed by atoms with Gasteiger partial charge in [-0.05, 0) is 42.6 Å². The van der Waals surface area contributed by atoms with Gasteiger partial charge >= 0.3 is 0 Å². The first kappa shape index (κ1) is 13.3. The van der Waals surface area contributed by atoms with E-state index < -0.39 is 0 Å². The van der Waals surface area contributed by atoms with Gasteiger partial charge in [-0.25, -0.2) is 9.97 Å². The molecular formula is C14H21BrN4. The lowest BCUT2D eigenvalue weighted by atomic mass is 10.2. The summed E-state index contributed by atoms with van der Waals surface area (Å²) in [5.41, 5.74) is 0. The minimum absolute atomic E-state index is 0.605. The van der Waals surface area contributed by atoms with Gasteiger partial charge in [0.05, 0.1) is 0 Å². The molecule has 4 nitrogen and oxygen atoms in total. The zero-order chi connectivity index (χ0) is 13.4. The molecule has 0 unspecified atom stereocenters. The van der Waals surface area contributed by atoms with Crippen LogP contribution in [0.4, 0.5) is 5.82 Å². The molecule has 1 aromatic heterocycles. The molecule has 5 heteroatoms. The van der Waals surface area contributed by atoms with E-state index in [0.29, 0.717) is 12.0 Å². The first-order valence-electron chi connectivity index (χ1n) is 7.17. The van der Waals surface area contributed by atoms with Crippen molar-refractivity contribution in [2.75, 3.05) is 31.1 Å². The third kappa shape index (κ3) is 3.08. The number of anilines is 1. The third-order valence-electron chi connectivity index (χ3n) is 4.01. The highest BCUT2D eigenvalue weighted by Gasteiger charge is 2.28. The summed E-state index contributed by atoms with van der Waals surface area (Å²) in [6, 6.07) is 2.69. The lowest BCUT2D eigenvalue weighted by Crippen LogP contribution is -2.49. The minimum Gasteiger partial charge on any atom is -0.354 e. The largest absolute Gasteiger partial charge is 0.354 e. The Morgan fingerprint density at radius 2 is 1.84 bits per heavy atom. The van der Waals surface area contributed by atoms with Crippen LogP contribution < -0.4 is 4.90 Å². The molecule has 0 radical (unpaired) electrons. The van der Waals surface area contributed by atoms with Crippen LogP contribution in [-0.2, 0) is 0 Å². The van der Waals surface area contributed by atoms with Crippen LogP contribution in [0.3, 0.4) is 0 Å².